The molecule has 130 valence electrons. The highest BCUT2D eigenvalue weighted by Crippen LogP contribution is 2.40. The van der Waals surface area contributed by atoms with Crippen LogP contribution in [0.5, 0.6) is 5.75 Å². The van der Waals surface area contributed by atoms with Crippen molar-refractivity contribution in [2.24, 2.45) is 0 Å². The van der Waals surface area contributed by atoms with Crippen molar-refractivity contribution < 1.29 is 18.7 Å². The first-order valence-electron chi connectivity index (χ1n) is 7.91. The summed E-state index contributed by atoms with van der Waals surface area (Å²) in [7, 11) is 0. The molecule has 0 saturated heterocycles. The quantitative estimate of drug-likeness (QED) is 0.872. The number of carbonyl (C=O) groups excluding carboxylic acids is 2. The molecule has 1 N–H and O–H groups in total. The van der Waals surface area contributed by atoms with E-state index in [1.54, 1.807) is 6.07 Å². The molecule has 0 unspecified atom stereocenters. The number of Topliss-reactive ketones (excluding diaryl/α,β-unsaturated/α-hetero) is 1. The van der Waals surface area contributed by atoms with Crippen molar-refractivity contribution in [3.05, 3.63) is 57.9 Å². The van der Waals surface area contributed by atoms with Crippen LogP contribution in [-0.2, 0) is 4.79 Å². The Morgan fingerprint density at radius 2 is 2.12 bits per heavy atom. The summed E-state index contributed by atoms with van der Waals surface area (Å²) >= 11 is 5.68. The molecular weight excluding hydrogens is 345 g/mol. The van der Waals surface area contributed by atoms with Crippen LogP contribution in [0.3, 0.4) is 0 Å². The van der Waals surface area contributed by atoms with E-state index in [2.05, 4.69) is 5.32 Å². The van der Waals surface area contributed by atoms with Gasteiger partial charge in [-0.2, -0.15) is 0 Å². The van der Waals surface area contributed by atoms with Crippen LogP contribution in [0.25, 0.3) is 0 Å². The fraction of sp³-hybridized carbons (Fsp3) is 0.263. The molecule has 0 spiro atoms. The molecule has 1 amide bonds. The fourth-order valence-corrected chi connectivity index (χ4v) is 3.32. The lowest BCUT2D eigenvalue weighted by Crippen LogP contribution is -2.20. The number of amides is 1. The van der Waals surface area contributed by atoms with Gasteiger partial charge in [-0.15, -0.1) is 0 Å². The smallest absolute Gasteiger partial charge is 0.262 e. The number of nitrogens with one attached hydrogen (secondary N) is 1. The van der Waals surface area contributed by atoms with Crippen LogP contribution in [0, 0.1) is 12.7 Å². The predicted molar refractivity (Wildman–Crippen MR) is 94.1 cm³/mol. The Balaban J connectivity index is 1.71. The molecule has 1 aliphatic carbocycles. The minimum atomic E-state index is -0.557. The lowest BCUT2D eigenvalue weighted by molar-refractivity contribution is -0.118. The van der Waals surface area contributed by atoms with Crippen LogP contribution in [0.2, 0.25) is 5.02 Å². The summed E-state index contributed by atoms with van der Waals surface area (Å²) in [6.45, 7) is 3.71. The van der Waals surface area contributed by atoms with Crippen molar-refractivity contribution in [1.82, 2.24) is 0 Å². The molecule has 25 heavy (non-hydrogen) atoms. The number of benzene rings is 2. The molecule has 1 aliphatic rings. The molecule has 0 heterocycles. The van der Waals surface area contributed by atoms with E-state index in [1.165, 1.54) is 18.2 Å². The zero-order valence-electron chi connectivity index (χ0n) is 13.9. The van der Waals surface area contributed by atoms with Crippen LogP contribution in [-0.4, -0.2) is 18.3 Å². The van der Waals surface area contributed by atoms with Crippen molar-refractivity contribution in [2.45, 2.75) is 26.2 Å². The van der Waals surface area contributed by atoms with E-state index < -0.39 is 11.7 Å². The first kappa shape index (κ1) is 17.4. The number of halogens is 2. The van der Waals surface area contributed by atoms with Crippen molar-refractivity contribution in [3.8, 4) is 5.75 Å². The van der Waals surface area contributed by atoms with Gasteiger partial charge in [-0.3, -0.25) is 9.59 Å². The molecule has 0 aliphatic heterocycles. The van der Waals surface area contributed by atoms with Crippen LogP contribution in [0.1, 0.15) is 40.7 Å². The summed E-state index contributed by atoms with van der Waals surface area (Å²) in [5.74, 6) is -0.371. The highest BCUT2D eigenvalue weighted by Gasteiger charge is 2.31. The Labute approximate surface area is 149 Å². The van der Waals surface area contributed by atoms with E-state index in [-0.39, 0.29) is 23.3 Å². The average molecular weight is 362 g/mol. The van der Waals surface area contributed by atoms with Gasteiger partial charge in [0.05, 0.1) is 10.6 Å². The van der Waals surface area contributed by atoms with Gasteiger partial charge in [0.15, 0.2) is 12.4 Å². The van der Waals surface area contributed by atoms with Gasteiger partial charge in [-0.1, -0.05) is 24.6 Å². The second-order valence-electron chi connectivity index (χ2n) is 6.16. The summed E-state index contributed by atoms with van der Waals surface area (Å²) in [5.41, 5.74) is 2.99. The number of hydrogen-bond acceptors (Lipinski definition) is 3. The van der Waals surface area contributed by atoms with E-state index in [0.717, 1.165) is 11.1 Å². The maximum Gasteiger partial charge on any atom is 0.262 e. The maximum atomic E-state index is 13.1. The number of ether oxygens (including phenoxy) is 1. The van der Waals surface area contributed by atoms with Gasteiger partial charge in [0, 0.05) is 12.1 Å². The number of rotatable bonds is 4. The molecule has 0 bridgehead atoms. The van der Waals surface area contributed by atoms with Crippen LogP contribution < -0.4 is 10.1 Å². The number of anilines is 1. The minimum Gasteiger partial charge on any atom is -0.483 e. The molecule has 0 saturated carbocycles. The fourth-order valence-electron chi connectivity index (χ4n) is 3.14. The van der Waals surface area contributed by atoms with E-state index in [0.29, 0.717) is 23.4 Å². The summed E-state index contributed by atoms with van der Waals surface area (Å²) in [5, 5.41) is 2.50. The third kappa shape index (κ3) is 3.51. The van der Waals surface area contributed by atoms with E-state index in [1.807, 2.05) is 19.9 Å². The van der Waals surface area contributed by atoms with Crippen molar-refractivity contribution in [1.29, 1.82) is 0 Å². The molecule has 1 atom stereocenters. The van der Waals surface area contributed by atoms with E-state index in [9.17, 15) is 14.0 Å². The van der Waals surface area contributed by atoms with Crippen LogP contribution in [0.15, 0.2) is 30.3 Å². The van der Waals surface area contributed by atoms with Crippen molar-refractivity contribution in [2.75, 3.05) is 11.9 Å². The predicted octanol–water partition coefficient (Wildman–Crippen LogP) is 4.49. The molecule has 0 aromatic heterocycles. The van der Waals surface area contributed by atoms with Gasteiger partial charge < -0.3 is 10.1 Å². The molecule has 3 rings (SSSR count). The maximum absolute atomic E-state index is 13.1. The SMILES string of the molecule is Cc1ccc(OCC(=O)Nc2ccc(F)c(Cl)c2)c2c1[C@@H](C)CC2=O. The molecule has 0 radical (unpaired) electrons. The van der Waals surface area contributed by atoms with Crippen LogP contribution >= 0.6 is 11.6 Å². The summed E-state index contributed by atoms with van der Waals surface area (Å²) in [4.78, 5) is 24.3. The lowest BCUT2D eigenvalue weighted by Gasteiger charge is -2.13. The van der Waals surface area contributed by atoms with Gasteiger partial charge in [0.2, 0.25) is 0 Å². The Morgan fingerprint density at radius 1 is 1.36 bits per heavy atom. The van der Waals surface area contributed by atoms with Gasteiger partial charge in [-0.05, 0) is 48.2 Å². The first-order valence-corrected chi connectivity index (χ1v) is 8.29. The third-order valence-corrected chi connectivity index (χ3v) is 4.54. The number of ketones is 1. The Hall–Kier alpha value is -2.40. The molecule has 0 fully saturated rings. The standard InChI is InChI=1S/C19H17ClFNO3/c1-10-3-6-16(19-15(23)7-11(2)18(10)19)25-9-17(24)22-12-4-5-14(21)13(20)8-12/h3-6,8,11H,7,9H2,1-2H3,(H,22,24)/t11-/m0/s1. The lowest BCUT2D eigenvalue weighted by atomic mass is 9.97. The monoisotopic (exact) mass is 361 g/mol. The molecular formula is C19H17ClFNO3. The number of hydrogen-bond donors (Lipinski definition) is 1. The summed E-state index contributed by atoms with van der Waals surface area (Å²) in [6.07, 6.45) is 0.455. The van der Waals surface area contributed by atoms with Crippen molar-refractivity contribution in [3.63, 3.8) is 0 Å². The van der Waals surface area contributed by atoms with Gasteiger partial charge >= 0.3 is 0 Å². The zero-order chi connectivity index (χ0) is 18.1. The molecule has 6 heteroatoms. The van der Waals surface area contributed by atoms with Crippen molar-refractivity contribution >= 4 is 29.0 Å². The topological polar surface area (TPSA) is 55.4 Å². The largest absolute Gasteiger partial charge is 0.483 e. The normalized spacial score (nSPS) is 15.8. The van der Waals surface area contributed by atoms with E-state index in [4.69, 9.17) is 16.3 Å². The highest BCUT2D eigenvalue weighted by molar-refractivity contribution is 6.31. The van der Waals surface area contributed by atoms with Gasteiger partial charge in [0.25, 0.3) is 5.91 Å². The van der Waals surface area contributed by atoms with Gasteiger partial charge in [0.1, 0.15) is 11.6 Å². The Morgan fingerprint density at radius 3 is 2.84 bits per heavy atom. The summed E-state index contributed by atoms with van der Waals surface area (Å²) < 4.78 is 18.7. The Kier molecular flexibility index (Phi) is 4.77. The minimum absolute atomic E-state index is 0.0342. The number of aryl methyl sites for hydroxylation is 1. The zero-order valence-corrected chi connectivity index (χ0v) is 14.6. The first-order chi connectivity index (χ1) is 11.9. The van der Waals surface area contributed by atoms with Crippen LogP contribution in [0.4, 0.5) is 10.1 Å². The second kappa shape index (κ2) is 6.84. The third-order valence-electron chi connectivity index (χ3n) is 4.25. The summed E-state index contributed by atoms with van der Waals surface area (Å²) in [6, 6.07) is 7.51. The molecule has 2 aromatic carbocycles. The second-order valence-corrected chi connectivity index (χ2v) is 6.57. The average Bonchev–Trinajstić information content (AvgIpc) is 2.86. The number of carbonyl (C=O) groups is 2. The molecule has 4 nitrogen and oxygen atoms in total. The molecule has 2 aromatic rings. The highest BCUT2D eigenvalue weighted by atomic mass is 35.5. The Bertz CT molecular complexity index is 866. The number of fused-ring (bicyclic) bond motifs is 1. The van der Waals surface area contributed by atoms with E-state index >= 15 is 0 Å². The van der Waals surface area contributed by atoms with Gasteiger partial charge in [-0.25, -0.2) is 4.39 Å².